The molecule has 2 aliphatic heterocycles. The lowest BCUT2D eigenvalue weighted by Crippen LogP contribution is -2.40. The van der Waals surface area contributed by atoms with E-state index < -0.39 is 0 Å². The van der Waals surface area contributed by atoms with E-state index in [0.29, 0.717) is 19.8 Å². The first-order chi connectivity index (χ1) is 14.2. The molecule has 1 N–H and O–H groups in total. The van der Waals surface area contributed by atoms with Crippen molar-refractivity contribution in [2.24, 2.45) is 0 Å². The summed E-state index contributed by atoms with van der Waals surface area (Å²) in [6.45, 7) is 2.01. The molecular formula is C23H26N2O4. The van der Waals surface area contributed by atoms with Crippen LogP contribution in [0.15, 0.2) is 48.5 Å². The number of nitrogens with one attached hydrogen (secondary N) is 1. The summed E-state index contributed by atoms with van der Waals surface area (Å²) in [6.07, 6.45) is 2.99. The fraction of sp³-hybridized carbons (Fsp3) is 0.391. The van der Waals surface area contributed by atoms with Crippen LogP contribution in [0.4, 0.5) is 0 Å². The van der Waals surface area contributed by atoms with Gasteiger partial charge in [-0.2, -0.15) is 0 Å². The third-order valence-electron chi connectivity index (χ3n) is 5.37. The van der Waals surface area contributed by atoms with E-state index in [1.807, 2.05) is 53.4 Å². The van der Waals surface area contributed by atoms with E-state index in [1.165, 1.54) is 0 Å². The second kappa shape index (κ2) is 8.99. The lowest BCUT2D eigenvalue weighted by atomic mass is 10.0. The highest BCUT2D eigenvalue weighted by atomic mass is 16.5. The Balaban J connectivity index is 1.37. The lowest BCUT2D eigenvalue weighted by molar-refractivity contribution is -0.133. The van der Waals surface area contributed by atoms with Gasteiger partial charge in [0.25, 0.3) is 0 Å². The van der Waals surface area contributed by atoms with Gasteiger partial charge in [0.1, 0.15) is 0 Å². The van der Waals surface area contributed by atoms with Crippen LogP contribution in [0.1, 0.15) is 36.4 Å². The lowest BCUT2D eigenvalue weighted by Gasteiger charge is -2.26. The molecule has 1 fully saturated rings. The molecule has 2 aromatic carbocycles. The Morgan fingerprint density at radius 1 is 1.00 bits per heavy atom. The highest BCUT2D eigenvalue weighted by molar-refractivity contribution is 5.86. The molecule has 0 spiro atoms. The van der Waals surface area contributed by atoms with Gasteiger partial charge in [0, 0.05) is 13.0 Å². The summed E-state index contributed by atoms with van der Waals surface area (Å²) in [7, 11) is 0. The molecule has 6 nitrogen and oxygen atoms in total. The van der Waals surface area contributed by atoms with E-state index >= 15 is 0 Å². The summed E-state index contributed by atoms with van der Waals surface area (Å²) in [4.78, 5) is 26.8. The van der Waals surface area contributed by atoms with Gasteiger partial charge in [-0.25, -0.2) is 0 Å². The topological polar surface area (TPSA) is 67.9 Å². The number of nitrogens with zero attached hydrogens (tertiary/aromatic N) is 1. The fourth-order valence-corrected chi connectivity index (χ4v) is 3.92. The molecule has 0 radical (unpaired) electrons. The summed E-state index contributed by atoms with van der Waals surface area (Å²) >= 11 is 0. The first kappa shape index (κ1) is 19.3. The van der Waals surface area contributed by atoms with Crippen LogP contribution in [-0.2, 0) is 16.0 Å². The molecule has 1 unspecified atom stereocenters. The average Bonchev–Trinajstić information content (AvgIpc) is 3.11. The zero-order valence-electron chi connectivity index (χ0n) is 16.4. The molecule has 6 heteroatoms. The predicted octanol–water partition coefficient (Wildman–Crippen LogP) is 2.87. The maximum absolute atomic E-state index is 12.8. The Morgan fingerprint density at radius 3 is 2.62 bits per heavy atom. The van der Waals surface area contributed by atoms with Crippen molar-refractivity contribution in [3.63, 3.8) is 0 Å². The van der Waals surface area contributed by atoms with E-state index in [0.717, 1.165) is 41.9 Å². The first-order valence-corrected chi connectivity index (χ1v) is 10.2. The van der Waals surface area contributed by atoms with E-state index in [-0.39, 0.29) is 30.8 Å². The Bertz CT molecular complexity index is 868. The standard InChI is InChI=1S/C23H26N2O4/c26-22(14-17-6-2-1-3-7-17)24-16-23(27)25-11-4-8-19(25)18-9-10-20-21(15-18)29-13-5-12-28-20/h1-3,6-7,9-10,15,19H,4-5,8,11-14,16H2,(H,24,26). The first-order valence-electron chi connectivity index (χ1n) is 10.2. The minimum absolute atomic E-state index is 0.00526. The molecule has 152 valence electrons. The van der Waals surface area contributed by atoms with Gasteiger partial charge < -0.3 is 19.7 Å². The zero-order valence-corrected chi connectivity index (χ0v) is 16.4. The van der Waals surface area contributed by atoms with E-state index in [4.69, 9.17) is 9.47 Å². The second-order valence-electron chi connectivity index (χ2n) is 7.44. The third kappa shape index (κ3) is 4.70. The van der Waals surface area contributed by atoms with Crippen molar-refractivity contribution in [3.8, 4) is 11.5 Å². The van der Waals surface area contributed by atoms with Crippen LogP contribution >= 0.6 is 0 Å². The largest absolute Gasteiger partial charge is 0.490 e. The maximum atomic E-state index is 12.8. The summed E-state index contributed by atoms with van der Waals surface area (Å²) in [5, 5.41) is 2.76. The number of rotatable bonds is 5. The van der Waals surface area contributed by atoms with Crippen molar-refractivity contribution >= 4 is 11.8 Å². The minimum Gasteiger partial charge on any atom is -0.490 e. The summed E-state index contributed by atoms with van der Waals surface area (Å²) in [5.74, 6) is 1.31. The number of amides is 2. The van der Waals surface area contributed by atoms with E-state index in [9.17, 15) is 9.59 Å². The van der Waals surface area contributed by atoms with Gasteiger partial charge >= 0.3 is 0 Å². The number of likely N-dealkylation sites (tertiary alicyclic amines) is 1. The fourth-order valence-electron chi connectivity index (χ4n) is 3.92. The molecule has 2 aliphatic rings. The summed E-state index contributed by atoms with van der Waals surface area (Å²) in [6, 6.07) is 15.5. The van der Waals surface area contributed by atoms with Gasteiger partial charge in [0.15, 0.2) is 11.5 Å². The average molecular weight is 394 g/mol. The quantitative estimate of drug-likeness (QED) is 0.847. The Kier molecular flexibility index (Phi) is 5.98. The molecule has 2 aromatic rings. The molecule has 1 saturated heterocycles. The van der Waals surface area contributed by atoms with Crippen molar-refractivity contribution in [3.05, 3.63) is 59.7 Å². The van der Waals surface area contributed by atoms with Crippen molar-refractivity contribution in [1.82, 2.24) is 10.2 Å². The van der Waals surface area contributed by atoms with Crippen LogP contribution in [0.5, 0.6) is 11.5 Å². The number of carbonyl (C=O) groups excluding carboxylic acids is 2. The number of carbonyl (C=O) groups is 2. The van der Waals surface area contributed by atoms with Crippen LogP contribution in [0, 0.1) is 0 Å². The highest BCUT2D eigenvalue weighted by Gasteiger charge is 2.30. The number of hydrogen-bond acceptors (Lipinski definition) is 4. The smallest absolute Gasteiger partial charge is 0.242 e. The highest BCUT2D eigenvalue weighted by Crippen LogP contribution is 2.37. The van der Waals surface area contributed by atoms with E-state index in [1.54, 1.807) is 0 Å². The molecular weight excluding hydrogens is 368 g/mol. The number of ether oxygens (including phenoxy) is 2. The zero-order chi connectivity index (χ0) is 20.1. The molecule has 0 aromatic heterocycles. The van der Waals surface area contributed by atoms with Gasteiger partial charge in [-0.1, -0.05) is 36.4 Å². The minimum atomic E-state index is -0.143. The van der Waals surface area contributed by atoms with E-state index in [2.05, 4.69) is 5.32 Å². The van der Waals surface area contributed by atoms with Gasteiger partial charge in [-0.3, -0.25) is 9.59 Å². The SMILES string of the molecule is O=C(Cc1ccccc1)NCC(=O)N1CCCC1c1ccc2c(c1)OCCCO2. The molecule has 2 heterocycles. The normalized spacial score (nSPS) is 18.2. The van der Waals surface area contributed by atoms with Crippen LogP contribution in [0.25, 0.3) is 0 Å². The maximum Gasteiger partial charge on any atom is 0.242 e. The molecule has 1 atom stereocenters. The van der Waals surface area contributed by atoms with Crippen LogP contribution in [-0.4, -0.2) is 43.0 Å². The van der Waals surface area contributed by atoms with Gasteiger partial charge in [-0.05, 0) is 36.1 Å². The van der Waals surface area contributed by atoms with Gasteiger partial charge in [0.05, 0.1) is 32.2 Å². The molecule has 0 bridgehead atoms. The second-order valence-corrected chi connectivity index (χ2v) is 7.44. The Morgan fingerprint density at radius 2 is 1.79 bits per heavy atom. The number of fused-ring (bicyclic) bond motifs is 1. The molecule has 4 rings (SSSR count). The molecule has 2 amide bonds. The van der Waals surface area contributed by atoms with Gasteiger partial charge in [0.2, 0.25) is 11.8 Å². The van der Waals surface area contributed by atoms with Crippen LogP contribution in [0.3, 0.4) is 0 Å². The Labute approximate surface area is 170 Å². The van der Waals surface area contributed by atoms with Gasteiger partial charge in [-0.15, -0.1) is 0 Å². The molecule has 0 saturated carbocycles. The van der Waals surface area contributed by atoms with Crippen molar-refractivity contribution in [2.75, 3.05) is 26.3 Å². The summed E-state index contributed by atoms with van der Waals surface area (Å²) < 4.78 is 11.5. The number of benzene rings is 2. The summed E-state index contributed by atoms with van der Waals surface area (Å²) in [5.41, 5.74) is 1.99. The third-order valence-corrected chi connectivity index (χ3v) is 5.37. The molecule has 0 aliphatic carbocycles. The predicted molar refractivity (Wildman–Crippen MR) is 109 cm³/mol. The monoisotopic (exact) mass is 394 g/mol. The Hall–Kier alpha value is -3.02. The van der Waals surface area contributed by atoms with Crippen LogP contribution in [0.2, 0.25) is 0 Å². The molecule has 29 heavy (non-hydrogen) atoms. The van der Waals surface area contributed by atoms with Crippen LogP contribution < -0.4 is 14.8 Å². The van der Waals surface area contributed by atoms with Crippen molar-refractivity contribution < 1.29 is 19.1 Å². The van der Waals surface area contributed by atoms with Crippen molar-refractivity contribution in [2.45, 2.75) is 31.7 Å². The van der Waals surface area contributed by atoms with Crippen molar-refractivity contribution in [1.29, 1.82) is 0 Å². The number of hydrogen-bond donors (Lipinski definition) is 1.